The molecule has 15 heavy (non-hydrogen) atoms. The van der Waals surface area contributed by atoms with E-state index in [2.05, 4.69) is 5.32 Å². The van der Waals surface area contributed by atoms with Gasteiger partial charge in [-0.05, 0) is 20.3 Å². The van der Waals surface area contributed by atoms with Gasteiger partial charge >= 0.3 is 5.97 Å². The second-order valence-electron chi connectivity index (χ2n) is 3.38. The van der Waals surface area contributed by atoms with Crippen molar-refractivity contribution in [3.8, 4) is 0 Å². The number of rotatable bonds is 7. The van der Waals surface area contributed by atoms with E-state index < -0.39 is 18.0 Å². The number of nitrogens with two attached hydrogens (primary N) is 1. The Morgan fingerprint density at radius 2 is 2.00 bits per heavy atom. The lowest BCUT2D eigenvalue weighted by atomic mass is 10.1. The van der Waals surface area contributed by atoms with E-state index in [1.165, 1.54) is 0 Å². The molecule has 0 aliphatic carbocycles. The summed E-state index contributed by atoms with van der Waals surface area (Å²) in [6.45, 7) is 5.68. The van der Waals surface area contributed by atoms with Crippen LogP contribution in [0.25, 0.3) is 0 Å². The Bertz CT molecular complexity index is 219. The van der Waals surface area contributed by atoms with Crippen molar-refractivity contribution in [2.24, 2.45) is 5.73 Å². The van der Waals surface area contributed by atoms with E-state index in [-0.39, 0.29) is 5.97 Å². The van der Waals surface area contributed by atoms with Gasteiger partial charge in [-0.25, -0.2) is 0 Å². The van der Waals surface area contributed by atoms with Crippen molar-refractivity contribution in [2.75, 3.05) is 6.61 Å². The number of hydrogen-bond donors (Lipinski definition) is 2. The van der Waals surface area contributed by atoms with Gasteiger partial charge in [0.05, 0.1) is 12.6 Å². The van der Waals surface area contributed by atoms with Crippen LogP contribution in [0.1, 0.15) is 33.6 Å². The maximum absolute atomic E-state index is 11.5. The van der Waals surface area contributed by atoms with E-state index in [4.69, 9.17) is 10.5 Å². The fourth-order valence-electron chi connectivity index (χ4n) is 1.18. The Morgan fingerprint density at radius 3 is 2.40 bits per heavy atom. The Morgan fingerprint density at radius 1 is 1.40 bits per heavy atom. The van der Waals surface area contributed by atoms with Crippen LogP contribution in [-0.4, -0.2) is 30.6 Å². The van der Waals surface area contributed by atoms with Gasteiger partial charge < -0.3 is 10.5 Å². The molecule has 0 aromatic heterocycles. The summed E-state index contributed by atoms with van der Waals surface area (Å²) in [7, 11) is 0. The van der Waals surface area contributed by atoms with Crippen molar-refractivity contribution in [1.82, 2.24) is 5.32 Å². The van der Waals surface area contributed by atoms with Gasteiger partial charge in [0.1, 0.15) is 6.04 Å². The topological polar surface area (TPSA) is 81.4 Å². The lowest BCUT2D eigenvalue weighted by Crippen LogP contribution is -2.48. The summed E-state index contributed by atoms with van der Waals surface area (Å²) in [4.78, 5) is 22.3. The third-order valence-electron chi connectivity index (χ3n) is 2.03. The average molecular weight is 216 g/mol. The van der Waals surface area contributed by atoms with E-state index in [1.807, 2.05) is 6.92 Å². The molecule has 5 nitrogen and oxygen atoms in total. The van der Waals surface area contributed by atoms with E-state index in [0.29, 0.717) is 13.0 Å². The number of ether oxygens (including phenoxy) is 1. The van der Waals surface area contributed by atoms with Crippen molar-refractivity contribution in [3.05, 3.63) is 0 Å². The van der Waals surface area contributed by atoms with Crippen LogP contribution < -0.4 is 11.1 Å². The van der Waals surface area contributed by atoms with Gasteiger partial charge in [-0.3, -0.25) is 14.9 Å². The molecule has 0 rings (SSSR count). The summed E-state index contributed by atoms with van der Waals surface area (Å²) in [6, 6.07) is -0.969. The second-order valence-corrected chi connectivity index (χ2v) is 3.38. The molecule has 0 aliphatic heterocycles. The second kappa shape index (κ2) is 7.23. The predicted molar refractivity (Wildman–Crippen MR) is 57.1 cm³/mol. The normalized spacial score (nSPS) is 14.3. The molecule has 5 heteroatoms. The smallest absolute Gasteiger partial charge is 0.323 e. The first-order valence-electron chi connectivity index (χ1n) is 5.24. The standard InChI is InChI=1S/C10H20N2O3/c1-4-6-8(10(14)15-5-2)12-7(3)9(11)13/h7-8,12H,4-6H2,1-3H3,(H2,11,13). The number of esters is 1. The molecular weight excluding hydrogens is 196 g/mol. The minimum Gasteiger partial charge on any atom is -0.465 e. The highest BCUT2D eigenvalue weighted by Gasteiger charge is 2.22. The lowest BCUT2D eigenvalue weighted by Gasteiger charge is -2.19. The van der Waals surface area contributed by atoms with Gasteiger partial charge in [-0.1, -0.05) is 13.3 Å². The molecule has 0 aromatic rings. The number of primary amides is 1. The zero-order valence-corrected chi connectivity index (χ0v) is 9.58. The van der Waals surface area contributed by atoms with Crippen LogP contribution >= 0.6 is 0 Å². The molecule has 3 N–H and O–H groups in total. The van der Waals surface area contributed by atoms with E-state index in [0.717, 1.165) is 6.42 Å². The fourth-order valence-corrected chi connectivity index (χ4v) is 1.18. The SMILES string of the molecule is CCCC(NC(C)C(N)=O)C(=O)OCC. The molecule has 0 saturated carbocycles. The molecule has 0 fully saturated rings. The van der Waals surface area contributed by atoms with Crippen LogP contribution in [0.3, 0.4) is 0 Å². The lowest BCUT2D eigenvalue weighted by molar-refractivity contribution is -0.146. The highest BCUT2D eigenvalue weighted by Crippen LogP contribution is 2.01. The number of carbonyl (C=O) groups is 2. The van der Waals surface area contributed by atoms with Crippen molar-refractivity contribution < 1.29 is 14.3 Å². The summed E-state index contributed by atoms with van der Waals surface area (Å²) >= 11 is 0. The van der Waals surface area contributed by atoms with Crippen molar-refractivity contribution >= 4 is 11.9 Å². The molecule has 0 saturated heterocycles. The fraction of sp³-hybridized carbons (Fsp3) is 0.800. The van der Waals surface area contributed by atoms with Crippen LogP contribution in [0.5, 0.6) is 0 Å². The van der Waals surface area contributed by atoms with E-state index in [9.17, 15) is 9.59 Å². The zero-order chi connectivity index (χ0) is 11.8. The summed E-state index contributed by atoms with van der Waals surface area (Å²) < 4.78 is 4.88. The molecule has 0 aromatic carbocycles. The summed E-state index contributed by atoms with van der Waals surface area (Å²) in [6.07, 6.45) is 1.47. The predicted octanol–water partition coefficient (Wildman–Crippen LogP) is 0.182. The van der Waals surface area contributed by atoms with Gasteiger partial charge in [0, 0.05) is 0 Å². The Kier molecular flexibility index (Phi) is 6.70. The molecule has 0 heterocycles. The quantitative estimate of drug-likeness (QED) is 0.595. The Balaban J connectivity index is 4.25. The third kappa shape index (κ3) is 5.37. The minimum absolute atomic E-state index is 0.326. The minimum atomic E-state index is -0.522. The van der Waals surface area contributed by atoms with Crippen LogP contribution in [-0.2, 0) is 14.3 Å². The molecule has 1 amide bonds. The number of carbonyl (C=O) groups excluding carboxylic acids is 2. The molecule has 0 spiro atoms. The van der Waals surface area contributed by atoms with E-state index >= 15 is 0 Å². The van der Waals surface area contributed by atoms with Crippen LogP contribution in [0.15, 0.2) is 0 Å². The van der Waals surface area contributed by atoms with Gasteiger partial charge in [-0.15, -0.1) is 0 Å². The molecule has 0 aliphatic rings. The van der Waals surface area contributed by atoms with Crippen LogP contribution in [0, 0.1) is 0 Å². The molecule has 0 bridgehead atoms. The van der Waals surface area contributed by atoms with E-state index in [1.54, 1.807) is 13.8 Å². The van der Waals surface area contributed by atoms with Crippen LogP contribution in [0.2, 0.25) is 0 Å². The molecule has 88 valence electrons. The first-order chi connectivity index (χ1) is 7.02. The molecule has 2 unspecified atom stereocenters. The van der Waals surface area contributed by atoms with Crippen molar-refractivity contribution in [1.29, 1.82) is 0 Å². The monoisotopic (exact) mass is 216 g/mol. The van der Waals surface area contributed by atoms with Crippen molar-refractivity contribution in [3.63, 3.8) is 0 Å². The van der Waals surface area contributed by atoms with Gasteiger partial charge in [-0.2, -0.15) is 0 Å². The average Bonchev–Trinajstić information content (AvgIpc) is 2.17. The first-order valence-corrected chi connectivity index (χ1v) is 5.24. The number of nitrogens with one attached hydrogen (secondary N) is 1. The zero-order valence-electron chi connectivity index (χ0n) is 9.58. The van der Waals surface area contributed by atoms with Crippen molar-refractivity contribution in [2.45, 2.75) is 45.7 Å². The summed E-state index contributed by atoms with van der Waals surface area (Å²) in [5.41, 5.74) is 5.10. The Hall–Kier alpha value is -1.10. The maximum Gasteiger partial charge on any atom is 0.323 e. The van der Waals surface area contributed by atoms with Gasteiger partial charge in [0.15, 0.2) is 0 Å². The third-order valence-corrected chi connectivity index (χ3v) is 2.03. The molecule has 0 radical (unpaired) electrons. The highest BCUT2D eigenvalue weighted by atomic mass is 16.5. The first kappa shape index (κ1) is 13.9. The van der Waals surface area contributed by atoms with Gasteiger partial charge in [0.2, 0.25) is 5.91 Å². The van der Waals surface area contributed by atoms with Gasteiger partial charge in [0.25, 0.3) is 0 Å². The number of amides is 1. The summed E-state index contributed by atoms with van der Waals surface area (Å²) in [5.74, 6) is -0.798. The highest BCUT2D eigenvalue weighted by molar-refractivity contribution is 5.81. The maximum atomic E-state index is 11.5. The molecule has 2 atom stereocenters. The summed E-state index contributed by atoms with van der Waals surface area (Å²) in [5, 5.41) is 2.85. The molecular formula is C10H20N2O3. The Labute approximate surface area is 90.4 Å². The number of hydrogen-bond acceptors (Lipinski definition) is 4. The largest absolute Gasteiger partial charge is 0.465 e. The van der Waals surface area contributed by atoms with Crippen LogP contribution in [0.4, 0.5) is 0 Å².